The summed E-state index contributed by atoms with van der Waals surface area (Å²) >= 11 is 0. The standard InChI is InChI=1S/C12H18N4O/c1-2-5-16(6-7-17)12-14-10-4-3-9(13)8-11(10)15-12/h3-4,8,17H,2,5-7,13H2,1H3,(H,14,15). The Labute approximate surface area is 100 Å². The van der Waals surface area contributed by atoms with Crippen LogP contribution in [0.15, 0.2) is 18.2 Å². The molecule has 1 heterocycles. The van der Waals surface area contributed by atoms with Gasteiger partial charge >= 0.3 is 0 Å². The van der Waals surface area contributed by atoms with E-state index in [2.05, 4.69) is 16.9 Å². The van der Waals surface area contributed by atoms with Crippen LogP contribution in [0.25, 0.3) is 11.0 Å². The van der Waals surface area contributed by atoms with E-state index in [-0.39, 0.29) is 6.61 Å². The minimum Gasteiger partial charge on any atom is -0.399 e. The van der Waals surface area contributed by atoms with E-state index >= 15 is 0 Å². The highest BCUT2D eigenvalue weighted by atomic mass is 16.3. The van der Waals surface area contributed by atoms with Crippen LogP contribution in [0, 0.1) is 0 Å². The summed E-state index contributed by atoms with van der Waals surface area (Å²) in [5.74, 6) is 0.793. The van der Waals surface area contributed by atoms with E-state index in [1.54, 1.807) is 0 Å². The highest BCUT2D eigenvalue weighted by molar-refractivity contribution is 5.80. The lowest BCUT2D eigenvalue weighted by atomic mass is 10.3. The van der Waals surface area contributed by atoms with Gasteiger partial charge in [0.05, 0.1) is 17.6 Å². The highest BCUT2D eigenvalue weighted by Crippen LogP contribution is 2.19. The van der Waals surface area contributed by atoms with Crippen molar-refractivity contribution in [1.29, 1.82) is 0 Å². The van der Waals surface area contributed by atoms with Crippen molar-refractivity contribution >= 4 is 22.7 Å². The van der Waals surface area contributed by atoms with Gasteiger partial charge in [0.25, 0.3) is 0 Å². The summed E-state index contributed by atoms with van der Waals surface area (Å²) in [5.41, 5.74) is 8.27. The Kier molecular flexibility index (Phi) is 3.49. The number of nitrogens with two attached hydrogens (primary N) is 1. The van der Waals surface area contributed by atoms with Gasteiger partial charge in [-0.25, -0.2) is 4.98 Å². The average Bonchev–Trinajstić information content (AvgIpc) is 2.71. The number of aromatic nitrogens is 2. The van der Waals surface area contributed by atoms with Gasteiger partial charge in [0.1, 0.15) is 0 Å². The maximum absolute atomic E-state index is 9.04. The van der Waals surface area contributed by atoms with E-state index in [4.69, 9.17) is 10.8 Å². The SMILES string of the molecule is CCCN(CCO)c1nc2ccc(N)cc2[nH]1. The number of imidazole rings is 1. The Bertz CT molecular complexity index is 488. The zero-order valence-electron chi connectivity index (χ0n) is 9.98. The second-order valence-corrected chi connectivity index (χ2v) is 4.05. The predicted octanol–water partition coefficient (Wildman–Crippen LogP) is 1.35. The monoisotopic (exact) mass is 234 g/mol. The van der Waals surface area contributed by atoms with E-state index in [0.717, 1.165) is 35.6 Å². The van der Waals surface area contributed by atoms with Gasteiger partial charge in [-0.1, -0.05) is 6.92 Å². The van der Waals surface area contributed by atoms with Gasteiger partial charge < -0.3 is 20.7 Å². The molecule has 0 atom stereocenters. The van der Waals surface area contributed by atoms with Gasteiger partial charge in [0.15, 0.2) is 0 Å². The summed E-state index contributed by atoms with van der Waals surface area (Å²) in [6.07, 6.45) is 1.01. The molecule has 92 valence electrons. The maximum Gasteiger partial charge on any atom is 0.203 e. The van der Waals surface area contributed by atoms with Crippen molar-refractivity contribution in [2.75, 3.05) is 30.3 Å². The number of nitrogen functional groups attached to an aromatic ring is 1. The number of fused-ring (bicyclic) bond motifs is 1. The molecule has 5 nitrogen and oxygen atoms in total. The third-order valence-electron chi connectivity index (χ3n) is 2.66. The first-order chi connectivity index (χ1) is 8.24. The fraction of sp³-hybridized carbons (Fsp3) is 0.417. The molecule has 0 bridgehead atoms. The quantitative estimate of drug-likeness (QED) is 0.682. The Morgan fingerprint density at radius 1 is 1.41 bits per heavy atom. The van der Waals surface area contributed by atoms with Gasteiger partial charge in [-0.2, -0.15) is 0 Å². The first-order valence-electron chi connectivity index (χ1n) is 5.85. The second-order valence-electron chi connectivity index (χ2n) is 4.05. The molecule has 5 heteroatoms. The van der Waals surface area contributed by atoms with Crippen molar-refractivity contribution in [3.63, 3.8) is 0 Å². The van der Waals surface area contributed by atoms with Crippen molar-refractivity contribution in [3.05, 3.63) is 18.2 Å². The Morgan fingerprint density at radius 3 is 2.94 bits per heavy atom. The molecule has 0 amide bonds. The summed E-state index contributed by atoms with van der Waals surface area (Å²) in [6, 6.07) is 5.60. The molecule has 0 aliphatic carbocycles. The van der Waals surface area contributed by atoms with Gasteiger partial charge in [0.2, 0.25) is 5.95 Å². The Hall–Kier alpha value is -1.75. The van der Waals surface area contributed by atoms with Crippen LogP contribution in [0.2, 0.25) is 0 Å². The number of benzene rings is 1. The number of rotatable bonds is 5. The van der Waals surface area contributed by atoms with Gasteiger partial charge in [0, 0.05) is 18.8 Å². The van der Waals surface area contributed by atoms with Crippen LogP contribution in [0.5, 0.6) is 0 Å². The smallest absolute Gasteiger partial charge is 0.203 e. The summed E-state index contributed by atoms with van der Waals surface area (Å²) < 4.78 is 0. The molecule has 17 heavy (non-hydrogen) atoms. The molecule has 4 N–H and O–H groups in total. The van der Waals surface area contributed by atoms with Crippen LogP contribution >= 0.6 is 0 Å². The molecule has 0 unspecified atom stereocenters. The van der Waals surface area contributed by atoms with Crippen LogP contribution in [-0.2, 0) is 0 Å². The van der Waals surface area contributed by atoms with Crippen LogP contribution in [-0.4, -0.2) is 34.8 Å². The third-order valence-corrected chi connectivity index (χ3v) is 2.66. The molecular weight excluding hydrogens is 216 g/mol. The molecule has 1 aromatic carbocycles. The molecule has 1 aromatic heterocycles. The predicted molar refractivity (Wildman–Crippen MR) is 70.1 cm³/mol. The molecular formula is C12H18N4O. The number of nitrogens with zero attached hydrogens (tertiary/aromatic N) is 2. The fourth-order valence-corrected chi connectivity index (χ4v) is 1.88. The number of hydrogen-bond acceptors (Lipinski definition) is 4. The molecule has 0 radical (unpaired) electrons. The molecule has 0 saturated heterocycles. The molecule has 0 aliphatic rings. The number of H-pyrrole nitrogens is 1. The zero-order valence-corrected chi connectivity index (χ0v) is 9.98. The van der Waals surface area contributed by atoms with E-state index in [1.807, 2.05) is 23.1 Å². The van der Waals surface area contributed by atoms with Gasteiger partial charge in [-0.3, -0.25) is 0 Å². The summed E-state index contributed by atoms with van der Waals surface area (Å²) in [5, 5.41) is 9.04. The topological polar surface area (TPSA) is 78.2 Å². The minimum absolute atomic E-state index is 0.124. The van der Waals surface area contributed by atoms with Crippen molar-refractivity contribution < 1.29 is 5.11 Å². The number of aromatic amines is 1. The van der Waals surface area contributed by atoms with Crippen molar-refractivity contribution in [2.45, 2.75) is 13.3 Å². The molecule has 2 aromatic rings. The summed E-state index contributed by atoms with van der Waals surface area (Å²) in [7, 11) is 0. The Morgan fingerprint density at radius 2 is 2.24 bits per heavy atom. The lowest BCUT2D eigenvalue weighted by Gasteiger charge is -2.19. The van der Waals surface area contributed by atoms with Gasteiger partial charge in [-0.05, 0) is 24.6 Å². The summed E-state index contributed by atoms with van der Waals surface area (Å²) in [4.78, 5) is 9.76. The van der Waals surface area contributed by atoms with Crippen molar-refractivity contribution in [1.82, 2.24) is 9.97 Å². The lowest BCUT2D eigenvalue weighted by Crippen LogP contribution is -2.28. The van der Waals surface area contributed by atoms with E-state index in [1.165, 1.54) is 0 Å². The number of aliphatic hydroxyl groups excluding tert-OH is 1. The van der Waals surface area contributed by atoms with Crippen LogP contribution < -0.4 is 10.6 Å². The summed E-state index contributed by atoms with van der Waals surface area (Å²) in [6.45, 7) is 3.68. The van der Waals surface area contributed by atoms with Crippen LogP contribution in [0.1, 0.15) is 13.3 Å². The molecule has 0 fully saturated rings. The number of anilines is 2. The molecule has 2 rings (SSSR count). The number of hydrogen-bond donors (Lipinski definition) is 3. The van der Waals surface area contributed by atoms with E-state index in [9.17, 15) is 0 Å². The van der Waals surface area contributed by atoms with E-state index < -0.39 is 0 Å². The molecule has 0 aliphatic heterocycles. The first-order valence-corrected chi connectivity index (χ1v) is 5.85. The van der Waals surface area contributed by atoms with Gasteiger partial charge in [-0.15, -0.1) is 0 Å². The zero-order chi connectivity index (χ0) is 12.3. The number of aliphatic hydroxyl groups is 1. The largest absolute Gasteiger partial charge is 0.399 e. The second kappa shape index (κ2) is 5.05. The van der Waals surface area contributed by atoms with Crippen LogP contribution in [0.4, 0.5) is 11.6 Å². The van der Waals surface area contributed by atoms with E-state index in [0.29, 0.717) is 6.54 Å². The number of nitrogens with one attached hydrogen (secondary N) is 1. The average molecular weight is 234 g/mol. The normalized spacial score (nSPS) is 10.9. The first kappa shape index (κ1) is 11.7. The highest BCUT2D eigenvalue weighted by Gasteiger charge is 2.10. The third kappa shape index (κ3) is 2.50. The maximum atomic E-state index is 9.04. The minimum atomic E-state index is 0.124. The van der Waals surface area contributed by atoms with Crippen molar-refractivity contribution in [3.8, 4) is 0 Å². The van der Waals surface area contributed by atoms with Crippen molar-refractivity contribution in [2.24, 2.45) is 0 Å². The lowest BCUT2D eigenvalue weighted by molar-refractivity contribution is 0.301. The fourth-order valence-electron chi connectivity index (χ4n) is 1.88. The Balaban J connectivity index is 2.33. The molecule has 0 saturated carbocycles. The molecule has 0 spiro atoms. The van der Waals surface area contributed by atoms with Crippen LogP contribution in [0.3, 0.4) is 0 Å².